The molecule has 0 bridgehead atoms. The molecule has 1 amide bonds. The molecule has 0 radical (unpaired) electrons. The molecule has 0 aromatic carbocycles. The first kappa shape index (κ1) is 11.5. The first-order chi connectivity index (χ1) is 8.07. The zero-order chi connectivity index (χ0) is 12.0. The van der Waals surface area contributed by atoms with E-state index in [1.165, 1.54) is 13.1 Å². The van der Waals surface area contributed by atoms with Gasteiger partial charge in [0.2, 0.25) is 5.91 Å². The molecule has 3 atom stereocenters. The van der Waals surface area contributed by atoms with Gasteiger partial charge in [-0.3, -0.25) is 9.69 Å². The summed E-state index contributed by atoms with van der Waals surface area (Å²) in [5, 5.41) is 6.59. The maximum atomic E-state index is 11.2. The Morgan fingerprint density at radius 2 is 2.24 bits per heavy atom. The van der Waals surface area contributed by atoms with E-state index in [-0.39, 0.29) is 11.4 Å². The molecule has 0 aromatic rings. The van der Waals surface area contributed by atoms with Crippen LogP contribution in [0.4, 0.5) is 0 Å². The number of hydrogen-bond donors (Lipinski definition) is 2. The number of nitrogens with one attached hydrogen (secondary N) is 2. The topological polar surface area (TPSA) is 44.4 Å². The van der Waals surface area contributed by atoms with Gasteiger partial charge < -0.3 is 10.6 Å². The number of hydrogen-bond acceptors (Lipinski definition) is 3. The highest BCUT2D eigenvalue weighted by atomic mass is 16.1. The highest BCUT2D eigenvalue weighted by molar-refractivity contribution is 5.78. The minimum Gasteiger partial charge on any atom is -0.352 e. The summed E-state index contributed by atoms with van der Waals surface area (Å²) in [7, 11) is 0. The average Bonchev–Trinajstić information content (AvgIpc) is 2.90. The Morgan fingerprint density at radius 1 is 1.41 bits per heavy atom. The lowest BCUT2D eigenvalue weighted by Gasteiger charge is -2.37. The van der Waals surface area contributed by atoms with E-state index in [0.29, 0.717) is 12.5 Å². The molecule has 3 fully saturated rings. The Morgan fingerprint density at radius 3 is 2.88 bits per heavy atom. The van der Waals surface area contributed by atoms with Crippen molar-refractivity contribution in [2.45, 2.75) is 38.3 Å². The van der Waals surface area contributed by atoms with Crippen LogP contribution in [-0.4, -0.2) is 48.6 Å². The van der Waals surface area contributed by atoms with Gasteiger partial charge >= 0.3 is 0 Å². The minimum atomic E-state index is 0.230. The number of amides is 1. The number of carbonyl (C=O) groups is 1. The molecule has 3 heterocycles. The summed E-state index contributed by atoms with van der Waals surface area (Å²) in [4.78, 5) is 13.8. The third-order valence-corrected chi connectivity index (χ3v) is 5.04. The maximum Gasteiger partial charge on any atom is 0.220 e. The molecular formula is C13H23N3O. The van der Waals surface area contributed by atoms with Crippen molar-refractivity contribution in [3.8, 4) is 0 Å². The lowest BCUT2D eigenvalue weighted by atomic mass is 9.85. The third kappa shape index (κ3) is 1.87. The second kappa shape index (κ2) is 3.95. The second-order valence-electron chi connectivity index (χ2n) is 6.39. The molecule has 2 N–H and O–H groups in total. The Kier molecular flexibility index (Phi) is 2.67. The smallest absolute Gasteiger partial charge is 0.220 e. The number of nitrogens with zero attached hydrogens (tertiary/aromatic N) is 1. The summed E-state index contributed by atoms with van der Waals surface area (Å²) in [6.07, 6.45) is 1.73. The molecule has 4 nitrogen and oxygen atoms in total. The fourth-order valence-corrected chi connectivity index (χ4v) is 3.89. The fraction of sp³-hybridized carbons (Fsp3) is 0.923. The zero-order valence-corrected chi connectivity index (χ0v) is 10.8. The van der Waals surface area contributed by atoms with Crippen molar-refractivity contribution in [1.29, 1.82) is 0 Å². The van der Waals surface area contributed by atoms with Gasteiger partial charge in [0.15, 0.2) is 0 Å². The molecule has 0 aromatic heterocycles. The minimum absolute atomic E-state index is 0.230. The van der Waals surface area contributed by atoms with Crippen LogP contribution in [0.25, 0.3) is 0 Å². The first-order valence-electron chi connectivity index (χ1n) is 6.82. The van der Waals surface area contributed by atoms with Crippen LogP contribution < -0.4 is 10.6 Å². The SMILES string of the molecule is CC1(C)C2CNCC2CN1CC1CCC(=O)N1. The Hall–Kier alpha value is -0.610. The Balaban J connectivity index is 1.66. The number of likely N-dealkylation sites (tertiary alicyclic amines) is 1. The lowest BCUT2D eigenvalue weighted by Crippen LogP contribution is -2.49. The third-order valence-electron chi connectivity index (χ3n) is 5.04. The van der Waals surface area contributed by atoms with Crippen molar-refractivity contribution in [3.63, 3.8) is 0 Å². The van der Waals surface area contributed by atoms with E-state index in [9.17, 15) is 4.79 Å². The molecule has 3 aliphatic heterocycles. The van der Waals surface area contributed by atoms with Crippen LogP contribution in [0.2, 0.25) is 0 Å². The predicted octanol–water partition coefficient (Wildman–Crippen LogP) is 0.195. The van der Waals surface area contributed by atoms with Crippen LogP contribution in [0, 0.1) is 11.8 Å². The zero-order valence-electron chi connectivity index (χ0n) is 10.8. The Labute approximate surface area is 103 Å². The van der Waals surface area contributed by atoms with Crippen LogP contribution in [0.3, 0.4) is 0 Å². The van der Waals surface area contributed by atoms with Crippen molar-refractivity contribution in [2.75, 3.05) is 26.2 Å². The van der Waals surface area contributed by atoms with Gasteiger partial charge in [0.25, 0.3) is 0 Å². The molecule has 3 aliphatic rings. The monoisotopic (exact) mass is 237 g/mol. The van der Waals surface area contributed by atoms with Gasteiger partial charge in [0, 0.05) is 37.6 Å². The van der Waals surface area contributed by atoms with Gasteiger partial charge in [0.05, 0.1) is 0 Å². The highest BCUT2D eigenvalue weighted by Crippen LogP contribution is 2.40. The van der Waals surface area contributed by atoms with E-state index in [1.54, 1.807) is 0 Å². The van der Waals surface area contributed by atoms with Crippen LogP contribution in [0.15, 0.2) is 0 Å². The van der Waals surface area contributed by atoms with E-state index in [0.717, 1.165) is 31.3 Å². The molecule has 3 rings (SSSR count). The standard InChI is InChI=1S/C13H23N3O/c1-13(2)11-6-14-5-9(11)7-16(13)8-10-3-4-12(17)15-10/h9-11,14H,3-8H2,1-2H3,(H,15,17). The molecule has 96 valence electrons. The predicted molar refractivity (Wildman–Crippen MR) is 66.7 cm³/mol. The molecule has 0 aliphatic carbocycles. The molecule has 4 heteroatoms. The molecule has 0 saturated carbocycles. The van der Waals surface area contributed by atoms with Gasteiger partial charge in [-0.25, -0.2) is 0 Å². The van der Waals surface area contributed by atoms with Gasteiger partial charge in [-0.15, -0.1) is 0 Å². The van der Waals surface area contributed by atoms with E-state index in [1.807, 2.05) is 0 Å². The second-order valence-corrected chi connectivity index (χ2v) is 6.39. The number of carbonyl (C=O) groups excluding carboxylic acids is 1. The summed E-state index contributed by atoms with van der Waals surface area (Å²) in [5.74, 6) is 1.82. The average molecular weight is 237 g/mol. The summed E-state index contributed by atoms with van der Waals surface area (Å²) in [6, 6.07) is 0.383. The normalized spacial score (nSPS) is 40.6. The largest absolute Gasteiger partial charge is 0.352 e. The molecular weight excluding hydrogens is 214 g/mol. The lowest BCUT2D eigenvalue weighted by molar-refractivity contribution is -0.119. The van der Waals surface area contributed by atoms with Crippen LogP contribution in [-0.2, 0) is 4.79 Å². The molecule has 3 unspecified atom stereocenters. The molecule has 17 heavy (non-hydrogen) atoms. The summed E-state index contributed by atoms with van der Waals surface area (Å²) in [6.45, 7) is 9.28. The van der Waals surface area contributed by atoms with Crippen molar-refractivity contribution in [1.82, 2.24) is 15.5 Å². The summed E-state index contributed by atoms with van der Waals surface area (Å²) >= 11 is 0. The fourth-order valence-electron chi connectivity index (χ4n) is 3.89. The molecule has 0 spiro atoms. The highest BCUT2D eigenvalue weighted by Gasteiger charge is 2.49. The number of fused-ring (bicyclic) bond motifs is 1. The summed E-state index contributed by atoms with van der Waals surface area (Å²) in [5.41, 5.74) is 0.279. The van der Waals surface area contributed by atoms with Crippen LogP contribution in [0.1, 0.15) is 26.7 Å². The molecule has 3 saturated heterocycles. The van der Waals surface area contributed by atoms with Crippen molar-refractivity contribution in [2.24, 2.45) is 11.8 Å². The van der Waals surface area contributed by atoms with Gasteiger partial charge in [-0.05, 0) is 38.6 Å². The van der Waals surface area contributed by atoms with Crippen LogP contribution >= 0.6 is 0 Å². The van der Waals surface area contributed by atoms with E-state index >= 15 is 0 Å². The quantitative estimate of drug-likeness (QED) is 0.721. The van der Waals surface area contributed by atoms with Gasteiger partial charge in [-0.1, -0.05) is 0 Å². The van der Waals surface area contributed by atoms with Gasteiger partial charge in [-0.2, -0.15) is 0 Å². The Bertz CT molecular complexity index is 329. The van der Waals surface area contributed by atoms with Crippen molar-refractivity contribution < 1.29 is 4.79 Å². The van der Waals surface area contributed by atoms with E-state index in [2.05, 4.69) is 29.4 Å². The van der Waals surface area contributed by atoms with Crippen molar-refractivity contribution >= 4 is 5.91 Å². The van der Waals surface area contributed by atoms with Crippen molar-refractivity contribution in [3.05, 3.63) is 0 Å². The van der Waals surface area contributed by atoms with E-state index < -0.39 is 0 Å². The first-order valence-corrected chi connectivity index (χ1v) is 6.82. The van der Waals surface area contributed by atoms with E-state index in [4.69, 9.17) is 0 Å². The van der Waals surface area contributed by atoms with Gasteiger partial charge in [0.1, 0.15) is 0 Å². The van der Waals surface area contributed by atoms with Crippen LogP contribution in [0.5, 0.6) is 0 Å². The summed E-state index contributed by atoms with van der Waals surface area (Å²) < 4.78 is 0. The number of rotatable bonds is 2. The maximum absolute atomic E-state index is 11.2.